The Bertz CT molecular complexity index is 1010. The molecule has 242 valence electrons. The van der Waals surface area contributed by atoms with Crippen LogP contribution in [0.5, 0.6) is 5.88 Å². The summed E-state index contributed by atoms with van der Waals surface area (Å²) < 4.78 is 35.5. The van der Waals surface area contributed by atoms with Gasteiger partial charge in [0, 0.05) is 24.8 Å². The van der Waals surface area contributed by atoms with E-state index in [4.69, 9.17) is 14.2 Å². The predicted molar refractivity (Wildman–Crippen MR) is 160 cm³/mol. The first-order valence-electron chi connectivity index (χ1n) is 15.2. The summed E-state index contributed by atoms with van der Waals surface area (Å²) in [5.74, 6) is 0.0979. The van der Waals surface area contributed by atoms with E-state index in [9.17, 15) is 19.2 Å². The number of rotatable bonds is 24. The van der Waals surface area contributed by atoms with Gasteiger partial charge >= 0.3 is 11.9 Å². The summed E-state index contributed by atoms with van der Waals surface area (Å²) in [6, 6.07) is 0. The topological polar surface area (TPSA) is 140 Å². The quantitative estimate of drug-likeness (QED) is 0.0528. The van der Waals surface area contributed by atoms with Crippen LogP contribution in [0, 0.1) is 5.92 Å². The van der Waals surface area contributed by atoms with Crippen molar-refractivity contribution in [1.82, 2.24) is 8.75 Å². The Labute approximate surface area is 258 Å². The van der Waals surface area contributed by atoms with E-state index in [1.165, 1.54) is 12.8 Å². The third kappa shape index (κ3) is 14.8. The number of esters is 2. The molecule has 2 unspecified atom stereocenters. The molecule has 0 fully saturated rings. The van der Waals surface area contributed by atoms with Crippen LogP contribution in [0.2, 0.25) is 0 Å². The monoisotopic (exact) mass is 626 g/mol. The highest BCUT2D eigenvalue weighted by Crippen LogP contribution is 2.30. The molecule has 0 aromatic carbocycles. The van der Waals surface area contributed by atoms with Crippen molar-refractivity contribution in [2.75, 3.05) is 46.7 Å². The standard InChI is InChI=1S/C30H48N3O9S/c1-4-5-6-10-16-40-30-29(31-43-32-30)25-13-11-15-33(3,18-25)21-41-28(37)17-24(2)12-8-7-9-14-27(36)42-26(19-38-22-34)20-39-23-35/h13,22-24,26H,4-12,14-21H2,1-3H3/q+1. The van der Waals surface area contributed by atoms with Crippen molar-refractivity contribution in [3.63, 3.8) is 0 Å². The van der Waals surface area contributed by atoms with Crippen LogP contribution in [0.15, 0.2) is 6.08 Å². The maximum atomic E-state index is 12.6. The zero-order chi connectivity index (χ0) is 31.3. The molecule has 0 saturated carbocycles. The van der Waals surface area contributed by atoms with Gasteiger partial charge in [0.1, 0.15) is 25.5 Å². The van der Waals surface area contributed by atoms with E-state index in [2.05, 4.69) is 38.3 Å². The minimum Gasteiger partial charge on any atom is -0.475 e. The Morgan fingerprint density at radius 1 is 1.02 bits per heavy atom. The normalized spacial score (nSPS) is 17.1. The number of carbonyl (C=O) groups is 4. The molecule has 0 saturated heterocycles. The summed E-state index contributed by atoms with van der Waals surface area (Å²) in [6.07, 6.45) is 10.4. The fraction of sp³-hybridized carbons (Fsp3) is 0.733. The second-order valence-electron chi connectivity index (χ2n) is 11.4. The molecule has 2 heterocycles. The van der Waals surface area contributed by atoms with Crippen LogP contribution in [0.25, 0.3) is 5.57 Å². The van der Waals surface area contributed by atoms with Crippen LogP contribution in [-0.4, -0.2) is 90.9 Å². The summed E-state index contributed by atoms with van der Waals surface area (Å²) in [5, 5.41) is 0. The van der Waals surface area contributed by atoms with Gasteiger partial charge in [0.2, 0.25) is 6.73 Å². The van der Waals surface area contributed by atoms with Gasteiger partial charge in [-0.2, -0.15) is 4.37 Å². The maximum Gasteiger partial charge on any atom is 0.310 e. The van der Waals surface area contributed by atoms with E-state index in [1.807, 2.05) is 6.92 Å². The van der Waals surface area contributed by atoms with Crippen molar-refractivity contribution < 1.29 is 47.3 Å². The van der Waals surface area contributed by atoms with E-state index >= 15 is 0 Å². The fourth-order valence-electron chi connectivity index (χ4n) is 4.82. The number of hydrogen-bond acceptors (Lipinski definition) is 12. The molecule has 0 N–H and O–H groups in total. The van der Waals surface area contributed by atoms with Crippen molar-refractivity contribution in [2.24, 2.45) is 5.92 Å². The lowest BCUT2D eigenvalue weighted by Gasteiger charge is -2.36. The van der Waals surface area contributed by atoms with Gasteiger partial charge in [-0.3, -0.25) is 23.7 Å². The van der Waals surface area contributed by atoms with Gasteiger partial charge in [-0.05, 0) is 18.8 Å². The second kappa shape index (κ2) is 20.8. The summed E-state index contributed by atoms with van der Waals surface area (Å²) in [4.78, 5) is 45.4. The zero-order valence-electron chi connectivity index (χ0n) is 25.8. The average Bonchev–Trinajstić information content (AvgIpc) is 3.46. The fourth-order valence-corrected chi connectivity index (χ4v) is 5.35. The summed E-state index contributed by atoms with van der Waals surface area (Å²) in [7, 11) is 2.09. The molecule has 2 atom stereocenters. The molecule has 43 heavy (non-hydrogen) atoms. The Morgan fingerprint density at radius 3 is 2.49 bits per heavy atom. The van der Waals surface area contributed by atoms with Crippen LogP contribution in [-0.2, 0) is 38.1 Å². The smallest absolute Gasteiger partial charge is 0.310 e. The van der Waals surface area contributed by atoms with Crippen LogP contribution in [0.3, 0.4) is 0 Å². The van der Waals surface area contributed by atoms with E-state index in [1.54, 1.807) is 0 Å². The van der Waals surface area contributed by atoms with Gasteiger partial charge in [-0.15, -0.1) is 4.37 Å². The minimum absolute atomic E-state index is 0.157. The van der Waals surface area contributed by atoms with E-state index in [-0.39, 0.29) is 44.5 Å². The van der Waals surface area contributed by atoms with Crippen molar-refractivity contribution in [1.29, 1.82) is 0 Å². The number of ether oxygens (including phenoxy) is 5. The van der Waals surface area contributed by atoms with Crippen LogP contribution >= 0.6 is 11.7 Å². The summed E-state index contributed by atoms with van der Waals surface area (Å²) in [5.41, 5.74) is 1.88. The molecule has 1 aliphatic heterocycles. The number of hydrogen-bond donors (Lipinski definition) is 0. The molecule has 0 bridgehead atoms. The van der Waals surface area contributed by atoms with Crippen LogP contribution in [0.1, 0.15) is 90.2 Å². The minimum atomic E-state index is -0.827. The average molecular weight is 627 g/mol. The third-order valence-corrected chi connectivity index (χ3v) is 7.75. The molecule has 0 aliphatic carbocycles. The molecular formula is C30H48N3O9S+. The Kier molecular flexibility index (Phi) is 17.5. The lowest BCUT2D eigenvalue weighted by atomic mass is 9.99. The molecule has 13 heteroatoms. The molecular weight excluding hydrogens is 578 g/mol. The molecule has 12 nitrogen and oxygen atoms in total. The first-order chi connectivity index (χ1) is 20.8. The highest BCUT2D eigenvalue weighted by Gasteiger charge is 2.31. The Hall–Kier alpha value is -3.06. The molecule has 2 rings (SSSR count). The van der Waals surface area contributed by atoms with Crippen molar-refractivity contribution in [3.05, 3.63) is 11.8 Å². The second-order valence-corrected chi connectivity index (χ2v) is 11.9. The molecule has 0 spiro atoms. The van der Waals surface area contributed by atoms with Gasteiger partial charge in [0.15, 0.2) is 6.10 Å². The first-order valence-corrected chi connectivity index (χ1v) is 16.0. The maximum absolute atomic E-state index is 12.6. The number of carbonyl (C=O) groups excluding carboxylic acids is 4. The first kappa shape index (κ1) is 36.1. The largest absolute Gasteiger partial charge is 0.475 e. The van der Waals surface area contributed by atoms with E-state index in [0.717, 1.165) is 68.1 Å². The Morgan fingerprint density at radius 2 is 1.77 bits per heavy atom. The van der Waals surface area contributed by atoms with Crippen molar-refractivity contribution >= 4 is 42.2 Å². The van der Waals surface area contributed by atoms with Gasteiger partial charge in [-0.1, -0.05) is 58.4 Å². The number of nitrogens with zero attached hydrogens (tertiary/aromatic N) is 3. The third-order valence-electron chi connectivity index (χ3n) is 7.24. The number of aromatic nitrogens is 2. The number of quaternary nitrogens is 1. The van der Waals surface area contributed by atoms with Crippen LogP contribution < -0.4 is 4.74 Å². The highest BCUT2D eigenvalue weighted by atomic mass is 32.1. The predicted octanol–water partition coefficient (Wildman–Crippen LogP) is 4.47. The zero-order valence-corrected chi connectivity index (χ0v) is 26.6. The van der Waals surface area contributed by atoms with Gasteiger partial charge in [0.05, 0.1) is 31.9 Å². The lowest BCUT2D eigenvalue weighted by molar-refractivity contribution is -0.919. The molecule has 1 aromatic rings. The molecule has 1 aromatic heterocycles. The van der Waals surface area contributed by atoms with Crippen molar-refractivity contribution in [2.45, 2.75) is 90.6 Å². The van der Waals surface area contributed by atoms with Gasteiger partial charge < -0.3 is 23.7 Å². The molecule has 0 radical (unpaired) electrons. The van der Waals surface area contributed by atoms with Gasteiger partial charge in [-0.25, -0.2) is 0 Å². The van der Waals surface area contributed by atoms with E-state index in [0.29, 0.717) is 43.1 Å². The Balaban J connectivity index is 1.65. The van der Waals surface area contributed by atoms with Crippen LogP contribution in [0.4, 0.5) is 0 Å². The molecule has 0 amide bonds. The number of likely N-dealkylation sites (N-methyl/N-ethyl adjacent to an activating group) is 1. The van der Waals surface area contributed by atoms with E-state index < -0.39 is 12.1 Å². The SMILES string of the molecule is CCCCCCOc1nsnc1C1=CCC[N+](C)(COC(=O)CC(C)CCCCCC(=O)OC(COC=O)COC=O)C1. The summed E-state index contributed by atoms with van der Waals surface area (Å²) in [6.45, 7) is 6.84. The number of unbranched alkanes of at least 4 members (excludes halogenated alkanes) is 5. The summed E-state index contributed by atoms with van der Waals surface area (Å²) >= 11 is 1.16. The van der Waals surface area contributed by atoms with Gasteiger partial charge in [0.25, 0.3) is 18.8 Å². The highest BCUT2D eigenvalue weighted by molar-refractivity contribution is 6.99. The molecule has 1 aliphatic rings. The van der Waals surface area contributed by atoms with Crippen molar-refractivity contribution in [3.8, 4) is 5.88 Å². The lowest BCUT2D eigenvalue weighted by Crippen LogP contribution is -2.49.